The van der Waals surface area contributed by atoms with E-state index < -0.39 is 5.54 Å². The normalized spacial score (nSPS) is 14.5. The lowest BCUT2D eigenvalue weighted by atomic mass is 9.91. The summed E-state index contributed by atoms with van der Waals surface area (Å²) in [5.41, 5.74) is 7.14. The van der Waals surface area contributed by atoms with Crippen molar-refractivity contribution in [1.29, 1.82) is 0 Å². The van der Waals surface area contributed by atoms with Crippen LogP contribution in [0.15, 0.2) is 24.3 Å². The van der Waals surface area contributed by atoms with Crippen LogP contribution < -0.4 is 5.73 Å². The van der Waals surface area contributed by atoms with Crippen molar-refractivity contribution in [3.05, 3.63) is 30.0 Å². The first-order chi connectivity index (χ1) is 8.99. The van der Waals surface area contributed by atoms with Gasteiger partial charge in [0, 0.05) is 11.9 Å². The van der Waals surface area contributed by atoms with Crippen LogP contribution in [0, 0.1) is 0 Å². The maximum atomic E-state index is 12.2. The van der Waals surface area contributed by atoms with Crippen LogP contribution in [0.25, 0.3) is 10.9 Å². The summed E-state index contributed by atoms with van der Waals surface area (Å²) in [6, 6.07) is 8.00. The number of rotatable bonds is 5. The summed E-state index contributed by atoms with van der Waals surface area (Å²) < 4.78 is 1.93. The molecular formula is C15H21N3O. The standard InChI is InChI=1S/C15H21N3O/c1-4-15(3,16)14(19)10-12-11-8-6-7-9-13(11)18(5-2)17-12/h6-9H,4-5,10,16H2,1-3H3. The Morgan fingerprint density at radius 3 is 2.68 bits per heavy atom. The number of hydrogen-bond donors (Lipinski definition) is 1. The van der Waals surface area contributed by atoms with Gasteiger partial charge in [-0.25, -0.2) is 0 Å². The molecular weight excluding hydrogens is 238 g/mol. The van der Waals surface area contributed by atoms with Crippen molar-refractivity contribution >= 4 is 16.7 Å². The molecule has 1 aromatic heterocycles. The Labute approximate surface area is 113 Å². The number of nitrogens with two attached hydrogens (primary N) is 1. The Bertz CT molecular complexity index is 598. The molecule has 0 amide bonds. The van der Waals surface area contributed by atoms with Gasteiger partial charge in [0.2, 0.25) is 0 Å². The average molecular weight is 259 g/mol. The zero-order valence-electron chi connectivity index (χ0n) is 11.8. The highest BCUT2D eigenvalue weighted by Gasteiger charge is 2.27. The summed E-state index contributed by atoms with van der Waals surface area (Å²) in [4.78, 5) is 12.2. The fourth-order valence-electron chi connectivity index (χ4n) is 2.12. The molecule has 102 valence electrons. The molecule has 0 spiro atoms. The first-order valence-corrected chi connectivity index (χ1v) is 6.76. The molecule has 19 heavy (non-hydrogen) atoms. The number of aromatic nitrogens is 2. The summed E-state index contributed by atoms with van der Waals surface area (Å²) in [6.07, 6.45) is 0.937. The van der Waals surface area contributed by atoms with E-state index in [1.807, 2.05) is 42.8 Å². The van der Waals surface area contributed by atoms with Gasteiger partial charge in [-0.15, -0.1) is 0 Å². The van der Waals surface area contributed by atoms with Crippen LogP contribution in [0.2, 0.25) is 0 Å². The molecule has 1 heterocycles. The van der Waals surface area contributed by atoms with Gasteiger partial charge in [0.15, 0.2) is 5.78 Å². The molecule has 0 fully saturated rings. The smallest absolute Gasteiger partial charge is 0.158 e. The molecule has 4 heteroatoms. The van der Waals surface area contributed by atoms with Gasteiger partial charge in [-0.05, 0) is 26.3 Å². The highest BCUT2D eigenvalue weighted by Crippen LogP contribution is 2.20. The molecule has 4 nitrogen and oxygen atoms in total. The Morgan fingerprint density at radius 2 is 2.05 bits per heavy atom. The van der Waals surface area contributed by atoms with Gasteiger partial charge in [0.25, 0.3) is 0 Å². The van der Waals surface area contributed by atoms with E-state index in [4.69, 9.17) is 5.73 Å². The predicted octanol–water partition coefficient (Wildman–Crippen LogP) is 2.30. The van der Waals surface area contributed by atoms with Crippen molar-refractivity contribution in [3.63, 3.8) is 0 Å². The maximum absolute atomic E-state index is 12.2. The second kappa shape index (κ2) is 5.13. The van der Waals surface area contributed by atoms with Crippen LogP contribution >= 0.6 is 0 Å². The van der Waals surface area contributed by atoms with Crippen molar-refractivity contribution in [2.24, 2.45) is 5.73 Å². The number of nitrogens with zero attached hydrogens (tertiary/aromatic N) is 2. The fraction of sp³-hybridized carbons (Fsp3) is 0.467. The third-order valence-electron chi connectivity index (χ3n) is 3.73. The first kappa shape index (κ1) is 13.7. The van der Waals surface area contributed by atoms with E-state index in [0.29, 0.717) is 12.8 Å². The minimum atomic E-state index is -0.767. The SMILES string of the molecule is CCn1nc(CC(=O)C(C)(N)CC)c2ccccc21. The third kappa shape index (κ3) is 2.54. The number of carbonyl (C=O) groups excluding carboxylic acids is 1. The Kier molecular flexibility index (Phi) is 3.71. The van der Waals surface area contributed by atoms with Crippen molar-refractivity contribution in [2.45, 2.75) is 45.7 Å². The maximum Gasteiger partial charge on any atom is 0.158 e. The van der Waals surface area contributed by atoms with Crippen molar-refractivity contribution < 1.29 is 4.79 Å². The van der Waals surface area contributed by atoms with Gasteiger partial charge >= 0.3 is 0 Å². The van der Waals surface area contributed by atoms with E-state index in [-0.39, 0.29) is 5.78 Å². The molecule has 1 aromatic carbocycles. The van der Waals surface area contributed by atoms with Crippen molar-refractivity contribution in [2.75, 3.05) is 0 Å². The van der Waals surface area contributed by atoms with Crippen molar-refractivity contribution in [3.8, 4) is 0 Å². The van der Waals surface area contributed by atoms with E-state index in [0.717, 1.165) is 23.1 Å². The zero-order chi connectivity index (χ0) is 14.0. The minimum absolute atomic E-state index is 0.0431. The molecule has 0 saturated carbocycles. The van der Waals surface area contributed by atoms with E-state index in [1.54, 1.807) is 6.92 Å². The topological polar surface area (TPSA) is 60.9 Å². The second-order valence-corrected chi connectivity index (χ2v) is 5.15. The number of ketones is 1. The van der Waals surface area contributed by atoms with E-state index >= 15 is 0 Å². The number of aryl methyl sites for hydroxylation is 1. The monoisotopic (exact) mass is 259 g/mol. The third-order valence-corrected chi connectivity index (χ3v) is 3.73. The quantitative estimate of drug-likeness (QED) is 0.896. The summed E-state index contributed by atoms with van der Waals surface area (Å²) in [5.74, 6) is 0.0431. The number of carbonyl (C=O) groups is 1. The largest absolute Gasteiger partial charge is 0.319 e. The molecule has 2 N–H and O–H groups in total. The number of benzene rings is 1. The lowest BCUT2D eigenvalue weighted by molar-refractivity contribution is -0.123. The Balaban J connectivity index is 2.39. The van der Waals surface area contributed by atoms with Crippen LogP contribution in [0.4, 0.5) is 0 Å². The van der Waals surface area contributed by atoms with E-state index in [2.05, 4.69) is 5.10 Å². The van der Waals surface area contributed by atoms with E-state index in [9.17, 15) is 4.79 Å². The summed E-state index contributed by atoms with van der Waals surface area (Å²) in [6.45, 7) is 6.56. The van der Waals surface area contributed by atoms with Crippen LogP contribution in [0.1, 0.15) is 32.9 Å². The first-order valence-electron chi connectivity index (χ1n) is 6.76. The molecule has 2 rings (SSSR count). The van der Waals surface area contributed by atoms with E-state index in [1.165, 1.54) is 0 Å². The summed E-state index contributed by atoms with van der Waals surface area (Å²) >= 11 is 0. The van der Waals surface area contributed by atoms with Gasteiger partial charge in [0.05, 0.1) is 23.2 Å². The zero-order valence-corrected chi connectivity index (χ0v) is 11.8. The van der Waals surface area contributed by atoms with Crippen molar-refractivity contribution in [1.82, 2.24) is 9.78 Å². The number of para-hydroxylation sites is 1. The van der Waals surface area contributed by atoms with Crippen LogP contribution in [-0.4, -0.2) is 21.1 Å². The molecule has 0 aliphatic rings. The van der Waals surface area contributed by atoms with Gasteiger partial charge < -0.3 is 5.73 Å². The van der Waals surface area contributed by atoms with Crippen LogP contribution in [-0.2, 0) is 17.8 Å². The Hall–Kier alpha value is -1.68. The highest BCUT2D eigenvalue weighted by molar-refractivity contribution is 5.93. The van der Waals surface area contributed by atoms with Gasteiger partial charge in [-0.1, -0.05) is 25.1 Å². The summed E-state index contributed by atoms with van der Waals surface area (Å²) in [7, 11) is 0. The fourth-order valence-corrected chi connectivity index (χ4v) is 2.12. The highest BCUT2D eigenvalue weighted by atomic mass is 16.1. The molecule has 2 aromatic rings. The average Bonchev–Trinajstić information content (AvgIpc) is 2.77. The lowest BCUT2D eigenvalue weighted by Crippen LogP contribution is -2.45. The number of Topliss-reactive ketones (excluding diaryl/α,β-unsaturated/α-hetero) is 1. The Morgan fingerprint density at radius 1 is 1.37 bits per heavy atom. The number of hydrogen-bond acceptors (Lipinski definition) is 3. The predicted molar refractivity (Wildman–Crippen MR) is 77.0 cm³/mol. The molecule has 0 bridgehead atoms. The molecule has 0 aliphatic heterocycles. The molecule has 0 radical (unpaired) electrons. The van der Waals surface area contributed by atoms with Gasteiger partial charge in [-0.2, -0.15) is 5.10 Å². The molecule has 1 atom stereocenters. The lowest BCUT2D eigenvalue weighted by Gasteiger charge is -2.20. The van der Waals surface area contributed by atoms with Crippen LogP contribution in [0.3, 0.4) is 0 Å². The summed E-state index contributed by atoms with van der Waals surface area (Å²) in [5, 5.41) is 5.58. The minimum Gasteiger partial charge on any atom is -0.319 e. The molecule has 1 unspecified atom stereocenters. The van der Waals surface area contributed by atoms with Crippen LogP contribution in [0.5, 0.6) is 0 Å². The number of fused-ring (bicyclic) bond motifs is 1. The molecule has 0 aliphatic carbocycles. The molecule has 0 saturated heterocycles. The van der Waals surface area contributed by atoms with Gasteiger partial charge in [0.1, 0.15) is 0 Å². The van der Waals surface area contributed by atoms with Gasteiger partial charge in [-0.3, -0.25) is 9.48 Å². The second-order valence-electron chi connectivity index (χ2n) is 5.15.